The van der Waals surface area contributed by atoms with E-state index in [2.05, 4.69) is 35.3 Å². The maximum atomic E-state index is 12.0. The maximum absolute atomic E-state index is 12.0. The van der Waals surface area contributed by atoms with E-state index in [4.69, 9.17) is 14.5 Å². The summed E-state index contributed by atoms with van der Waals surface area (Å²) in [4.78, 5) is 20.4. The summed E-state index contributed by atoms with van der Waals surface area (Å²) in [5, 5.41) is 0.873. The second-order valence-corrected chi connectivity index (χ2v) is 9.62. The van der Waals surface area contributed by atoms with Gasteiger partial charge < -0.3 is 14.5 Å². The van der Waals surface area contributed by atoms with Crippen LogP contribution in [0.2, 0.25) is 0 Å². The lowest BCUT2D eigenvalue weighted by Crippen LogP contribution is -2.10. The van der Waals surface area contributed by atoms with E-state index in [9.17, 15) is 4.79 Å². The largest absolute Gasteiger partial charge is 0.490 e. The summed E-state index contributed by atoms with van der Waals surface area (Å²) in [6.45, 7) is 4.88. The summed E-state index contributed by atoms with van der Waals surface area (Å²) in [5.41, 5.74) is 4.70. The normalized spacial score (nSPS) is 11.2. The first-order valence-corrected chi connectivity index (χ1v) is 13.0. The Morgan fingerprint density at radius 1 is 0.917 bits per heavy atom. The molecule has 1 aromatic heterocycles. The summed E-state index contributed by atoms with van der Waals surface area (Å²) in [7, 11) is 0. The second-order valence-electron chi connectivity index (χ2n) is 8.61. The fraction of sp³-hybridized carbons (Fsp3) is 0.200. The van der Waals surface area contributed by atoms with Gasteiger partial charge in [-0.15, -0.1) is 0 Å². The van der Waals surface area contributed by atoms with E-state index in [1.807, 2.05) is 56.3 Å². The Kier molecular flexibility index (Phi) is 9.00. The predicted molar refractivity (Wildman–Crippen MR) is 146 cm³/mol. The molecule has 184 valence electrons. The molecule has 0 saturated carbocycles. The van der Waals surface area contributed by atoms with Crippen molar-refractivity contribution in [1.29, 1.82) is 0 Å². The fourth-order valence-corrected chi connectivity index (χ4v) is 4.18. The average molecular weight is 499 g/mol. The number of nitrogens with zero attached hydrogens (tertiary/aromatic N) is 1. The molecule has 4 aromatic rings. The highest BCUT2D eigenvalue weighted by Crippen LogP contribution is 2.32. The molecule has 0 atom stereocenters. The second kappa shape index (κ2) is 12.8. The van der Waals surface area contributed by atoms with Gasteiger partial charge in [0.2, 0.25) is 0 Å². The highest BCUT2D eigenvalue weighted by atomic mass is 32.2. The molecule has 0 amide bonds. The van der Waals surface area contributed by atoms with E-state index >= 15 is 0 Å². The van der Waals surface area contributed by atoms with Gasteiger partial charge in [0.1, 0.15) is 12.4 Å². The fourth-order valence-electron chi connectivity index (χ4n) is 3.46. The molecule has 0 aliphatic heterocycles. The average Bonchev–Trinajstić information content (AvgIpc) is 3.35. The van der Waals surface area contributed by atoms with Gasteiger partial charge in [0.25, 0.3) is 0 Å². The van der Waals surface area contributed by atoms with Gasteiger partial charge in [0, 0.05) is 16.9 Å². The molecule has 4 rings (SSSR count). The summed E-state index contributed by atoms with van der Waals surface area (Å²) < 4.78 is 11.0. The van der Waals surface area contributed by atoms with Gasteiger partial charge >= 0.3 is 5.97 Å². The molecule has 36 heavy (non-hydrogen) atoms. The van der Waals surface area contributed by atoms with Crippen molar-refractivity contribution in [3.05, 3.63) is 103 Å². The third-order valence-electron chi connectivity index (χ3n) is 5.26. The Labute approximate surface area is 216 Å². The SMILES string of the molecule is CC(C)COC(=O)c1ccc(OC/C=C/CSc2nc(-c3ccccc3)c(-c3ccccc3)[nH]2)cc1. The zero-order valence-electron chi connectivity index (χ0n) is 20.5. The van der Waals surface area contributed by atoms with Crippen molar-refractivity contribution in [2.75, 3.05) is 19.0 Å². The highest BCUT2D eigenvalue weighted by Gasteiger charge is 2.14. The molecular formula is C30H30N2O3S. The monoisotopic (exact) mass is 498 g/mol. The lowest BCUT2D eigenvalue weighted by molar-refractivity contribution is 0.0459. The van der Waals surface area contributed by atoms with Crippen LogP contribution in [0.4, 0.5) is 0 Å². The van der Waals surface area contributed by atoms with E-state index in [-0.39, 0.29) is 5.97 Å². The van der Waals surface area contributed by atoms with Gasteiger partial charge in [-0.3, -0.25) is 0 Å². The molecule has 0 spiro atoms. The third-order valence-corrected chi connectivity index (χ3v) is 6.08. The van der Waals surface area contributed by atoms with Crippen LogP contribution < -0.4 is 4.74 Å². The molecule has 0 aliphatic carbocycles. The zero-order valence-corrected chi connectivity index (χ0v) is 21.3. The van der Waals surface area contributed by atoms with Crippen LogP contribution in [0.1, 0.15) is 24.2 Å². The number of aromatic nitrogens is 2. The van der Waals surface area contributed by atoms with Crippen LogP contribution in [0.25, 0.3) is 22.5 Å². The number of aromatic amines is 1. The number of nitrogens with one attached hydrogen (secondary N) is 1. The molecule has 5 nitrogen and oxygen atoms in total. The first-order chi connectivity index (χ1) is 17.6. The summed E-state index contributed by atoms with van der Waals surface area (Å²) in [5.74, 6) is 1.47. The number of rotatable bonds is 11. The van der Waals surface area contributed by atoms with Crippen LogP contribution in [-0.4, -0.2) is 34.9 Å². The Bertz CT molecular complexity index is 1210. The molecule has 0 radical (unpaired) electrons. The summed E-state index contributed by atoms with van der Waals surface area (Å²) in [6.07, 6.45) is 4.05. The molecule has 0 unspecified atom stereocenters. The smallest absolute Gasteiger partial charge is 0.338 e. The molecule has 0 fully saturated rings. The van der Waals surface area contributed by atoms with Gasteiger partial charge in [0.05, 0.1) is 23.6 Å². The molecule has 0 saturated heterocycles. The van der Waals surface area contributed by atoms with Crippen molar-refractivity contribution in [1.82, 2.24) is 9.97 Å². The number of imidazole rings is 1. The van der Waals surface area contributed by atoms with E-state index < -0.39 is 0 Å². The van der Waals surface area contributed by atoms with Crippen molar-refractivity contribution in [2.24, 2.45) is 5.92 Å². The van der Waals surface area contributed by atoms with Crippen LogP contribution in [-0.2, 0) is 4.74 Å². The summed E-state index contributed by atoms with van der Waals surface area (Å²) in [6, 6.07) is 27.5. The lowest BCUT2D eigenvalue weighted by atomic mass is 10.1. The molecule has 0 aliphatic rings. The van der Waals surface area contributed by atoms with Gasteiger partial charge in [-0.2, -0.15) is 0 Å². The topological polar surface area (TPSA) is 64.2 Å². The minimum atomic E-state index is -0.309. The highest BCUT2D eigenvalue weighted by molar-refractivity contribution is 7.99. The molecule has 1 N–H and O–H groups in total. The number of ether oxygens (including phenoxy) is 2. The molecule has 6 heteroatoms. The van der Waals surface area contributed by atoms with Crippen molar-refractivity contribution >= 4 is 17.7 Å². The van der Waals surface area contributed by atoms with E-state index in [0.717, 1.165) is 33.4 Å². The zero-order chi connectivity index (χ0) is 25.2. The van der Waals surface area contributed by atoms with Crippen molar-refractivity contribution in [3.63, 3.8) is 0 Å². The predicted octanol–water partition coefficient (Wildman–Crippen LogP) is 7.28. The Hall–Kier alpha value is -3.77. The van der Waals surface area contributed by atoms with Crippen LogP contribution in [0.5, 0.6) is 5.75 Å². The number of benzene rings is 3. The quantitative estimate of drug-likeness (QED) is 0.134. The van der Waals surface area contributed by atoms with Gasteiger partial charge in [0.15, 0.2) is 5.16 Å². The molecule has 3 aromatic carbocycles. The number of esters is 1. The number of carbonyl (C=O) groups excluding carboxylic acids is 1. The van der Waals surface area contributed by atoms with Crippen LogP contribution in [0, 0.1) is 5.92 Å². The molecular weight excluding hydrogens is 468 g/mol. The van der Waals surface area contributed by atoms with Crippen molar-refractivity contribution in [3.8, 4) is 28.3 Å². The minimum Gasteiger partial charge on any atom is -0.490 e. The lowest BCUT2D eigenvalue weighted by Gasteiger charge is -2.08. The van der Waals surface area contributed by atoms with E-state index in [1.54, 1.807) is 36.0 Å². The van der Waals surface area contributed by atoms with Crippen molar-refractivity contribution in [2.45, 2.75) is 19.0 Å². The third kappa shape index (κ3) is 7.12. The number of H-pyrrole nitrogens is 1. The first-order valence-electron chi connectivity index (χ1n) is 12.0. The number of hydrogen-bond donors (Lipinski definition) is 1. The van der Waals surface area contributed by atoms with Gasteiger partial charge in [-0.05, 0) is 30.2 Å². The van der Waals surface area contributed by atoms with E-state index in [1.165, 1.54) is 0 Å². The van der Waals surface area contributed by atoms with Gasteiger partial charge in [-0.1, -0.05) is 98.4 Å². The minimum absolute atomic E-state index is 0.309. The van der Waals surface area contributed by atoms with Crippen molar-refractivity contribution < 1.29 is 14.3 Å². The van der Waals surface area contributed by atoms with E-state index in [0.29, 0.717) is 30.4 Å². The maximum Gasteiger partial charge on any atom is 0.338 e. The number of hydrogen-bond acceptors (Lipinski definition) is 5. The van der Waals surface area contributed by atoms with Crippen LogP contribution in [0.3, 0.4) is 0 Å². The Morgan fingerprint density at radius 2 is 1.58 bits per heavy atom. The van der Waals surface area contributed by atoms with Crippen LogP contribution in [0.15, 0.2) is 102 Å². The molecule has 0 bridgehead atoms. The Balaban J connectivity index is 1.30. The van der Waals surface area contributed by atoms with Crippen LogP contribution >= 0.6 is 11.8 Å². The number of thioether (sulfide) groups is 1. The van der Waals surface area contributed by atoms with Gasteiger partial charge in [-0.25, -0.2) is 9.78 Å². The first kappa shape index (κ1) is 25.3. The molecule has 1 heterocycles. The Morgan fingerprint density at radius 3 is 2.25 bits per heavy atom. The summed E-state index contributed by atoms with van der Waals surface area (Å²) >= 11 is 1.64. The number of carbonyl (C=O) groups is 1. The standard InChI is InChI=1S/C30H30N2O3S/c1-22(2)21-35-29(33)25-15-17-26(18-16-25)34-19-9-10-20-36-30-31-27(23-11-5-3-6-12-23)28(32-30)24-13-7-4-8-14-24/h3-18,22H,19-21H2,1-2H3,(H,31,32)/b10-9+.